The molecule has 2 heterocycles. The third-order valence-corrected chi connectivity index (χ3v) is 4.12. The Kier molecular flexibility index (Phi) is 4.10. The molecule has 2 rings (SSSR count). The topological polar surface area (TPSA) is 19.7 Å². The normalized spacial score (nSPS) is 12.7. The molecule has 2 aromatic rings. The Labute approximate surface area is 137 Å². The number of hydrogen-bond acceptors (Lipinski definition) is 2. The average molecular weight is 321 g/mol. The second-order valence-corrected chi connectivity index (χ2v) is 7.90. The SMILES string of the molecule is CC(C)(C)n1ccn([B]n2ccn(C(C)(C)C)c2=S)c1=S. The van der Waals surface area contributed by atoms with E-state index in [1.807, 2.05) is 41.3 Å². The molecule has 0 aromatic carbocycles. The van der Waals surface area contributed by atoms with Gasteiger partial charge in [0.15, 0.2) is 9.54 Å². The zero-order chi connectivity index (χ0) is 16.0. The standard InChI is InChI=1S/C14H22BN4S2/c1-13(2,3)16-7-9-18(11(16)20)15-19-10-8-17(12(19)21)14(4,5)6/h7-10H,1-6H3. The highest BCUT2D eigenvalue weighted by Gasteiger charge is 2.18. The molecule has 0 unspecified atom stereocenters. The van der Waals surface area contributed by atoms with Crippen LogP contribution in [0.15, 0.2) is 24.8 Å². The van der Waals surface area contributed by atoms with Crippen LogP contribution in [0.2, 0.25) is 0 Å². The van der Waals surface area contributed by atoms with Crippen molar-refractivity contribution in [2.45, 2.75) is 52.6 Å². The number of imidazole rings is 2. The van der Waals surface area contributed by atoms with E-state index in [1.165, 1.54) is 0 Å². The van der Waals surface area contributed by atoms with Gasteiger partial charge >= 0.3 is 7.55 Å². The molecule has 0 N–H and O–H groups in total. The fraction of sp³-hybridized carbons (Fsp3) is 0.571. The summed E-state index contributed by atoms with van der Waals surface area (Å²) in [6.07, 6.45) is 7.93. The molecule has 0 aliphatic carbocycles. The van der Waals surface area contributed by atoms with Crippen molar-refractivity contribution in [3.05, 3.63) is 34.3 Å². The van der Waals surface area contributed by atoms with E-state index in [0.717, 1.165) is 9.54 Å². The number of hydrogen-bond donors (Lipinski definition) is 0. The lowest BCUT2D eigenvalue weighted by Gasteiger charge is -2.21. The zero-order valence-electron chi connectivity index (χ0n) is 13.5. The molecule has 2 aromatic heterocycles. The third kappa shape index (κ3) is 3.24. The van der Waals surface area contributed by atoms with Crippen molar-refractivity contribution in [3.63, 3.8) is 0 Å². The molecule has 0 aliphatic heterocycles. The highest BCUT2D eigenvalue weighted by molar-refractivity contribution is 7.71. The van der Waals surface area contributed by atoms with Crippen LogP contribution in [0.1, 0.15) is 41.5 Å². The van der Waals surface area contributed by atoms with Crippen molar-refractivity contribution in [1.29, 1.82) is 0 Å². The molecule has 0 aliphatic rings. The van der Waals surface area contributed by atoms with Gasteiger partial charge in [0.25, 0.3) is 0 Å². The predicted octanol–water partition coefficient (Wildman–Crippen LogP) is 3.79. The Hall–Kier alpha value is -1.08. The smallest absolute Gasteiger partial charge is 0.350 e. The van der Waals surface area contributed by atoms with Crippen LogP contribution in [0.25, 0.3) is 0 Å². The fourth-order valence-corrected chi connectivity index (χ4v) is 3.00. The van der Waals surface area contributed by atoms with Crippen molar-refractivity contribution >= 4 is 32.0 Å². The van der Waals surface area contributed by atoms with Gasteiger partial charge < -0.3 is 18.1 Å². The highest BCUT2D eigenvalue weighted by Crippen LogP contribution is 2.16. The number of aromatic nitrogens is 4. The summed E-state index contributed by atoms with van der Waals surface area (Å²) in [5, 5.41) is 0. The molecular formula is C14H22BN4S2. The molecule has 4 nitrogen and oxygen atoms in total. The minimum absolute atomic E-state index is 0.0328. The molecule has 0 atom stereocenters. The molecule has 1 radical (unpaired) electrons. The van der Waals surface area contributed by atoms with E-state index in [-0.39, 0.29) is 11.1 Å². The molecule has 0 amide bonds. The van der Waals surface area contributed by atoms with Crippen molar-refractivity contribution in [3.8, 4) is 0 Å². The summed E-state index contributed by atoms with van der Waals surface area (Å²) in [6, 6.07) is 0. The quantitative estimate of drug-likeness (QED) is 0.619. The van der Waals surface area contributed by atoms with Crippen LogP contribution in [0.4, 0.5) is 0 Å². The van der Waals surface area contributed by atoms with Gasteiger partial charge in [0.2, 0.25) is 0 Å². The first-order valence-corrected chi connectivity index (χ1v) is 7.78. The van der Waals surface area contributed by atoms with E-state index in [4.69, 9.17) is 24.4 Å². The van der Waals surface area contributed by atoms with E-state index >= 15 is 0 Å². The van der Waals surface area contributed by atoms with E-state index in [2.05, 4.69) is 50.7 Å². The van der Waals surface area contributed by atoms with Crippen molar-refractivity contribution < 1.29 is 0 Å². The first-order valence-electron chi connectivity index (χ1n) is 6.97. The molecule has 21 heavy (non-hydrogen) atoms. The second kappa shape index (κ2) is 5.28. The lowest BCUT2D eigenvalue weighted by molar-refractivity contribution is 0.390. The molecular weight excluding hydrogens is 299 g/mol. The van der Waals surface area contributed by atoms with Crippen LogP contribution < -0.4 is 0 Å². The lowest BCUT2D eigenvalue weighted by Crippen LogP contribution is -2.24. The van der Waals surface area contributed by atoms with Crippen molar-refractivity contribution in [2.24, 2.45) is 0 Å². The Morgan fingerprint density at radius 1 is 0.714 bits per heavy atom. The monoisotopic (exact) mass is 321 g/mol. The van der Waals surface area contributed by atoms with E-state index in [9.17, 15) is 0 Å². The maximum Gasteiger partial charge on any atom is 0.404 e. The summed E-state index contributed by atoms with van der Waals surface area (Å²) >= 11 is 11.1. The summed E-state index contributed by atoms with van der Waals surface area (Å²) in [5.41, 5.74) is -0.0655. The Bertz CT molecular complexity index is 685. The summed E-state index contributed by atoms with van der Waals surface area (Å²) < 4.78 is 9.50. The van der Waals surface area contributed by atoms with Crippen LogP contribution in [-0.2, 0) is 11.1 Å². The predicted molar refractivity (Wildman–Crippen MR) is 93.1 cm³/mol. The second-order valence-electron chi connectivity index (χ2n) is 7.17. The first-order chi connectivity index (χ1) is 9.51. The van der Waals surface area contributed by atoms with Gasteiger partial charge in [-0.05, 0) is 66.0 Å². The fourth-order valence-electron chi connectivity index (χ4n) is 2.11. The summed E-state index contributed by atoms with van der Waals surface area (Å²) in [6.45, 7) is 12.8. The Balaban J connectivity index is 2.37. The average Bonchev–Trinajstić information content (AvgIpc) is 2.83. The molecule has 0 saturated carbocycles. The van der Waals surface area contributed by atoms with Gasteiger partial charge in [0.05, 0.1) is 0 Å². The Morgan fingerprint density at radius 2 is 1.05 bits per heavy atom. The zero-order valence-corrected chi connectivity index (χ0v) is 15.1. The van der Waals surface area contributed by atoms with Crippen LogP contribution >= 0.6 is 24.4 Å². The summed E-state index contributed by atoms with van der Waals surface area (Å²) in [7, 11) is 1.93. The summed E-state index contributed by atoms with van der Waals surface area (Å²) in [4.78, 5) is 0. The number of nitrogens with zero attached hydrogens (tertiary/aromatic N) is 4. The molecule has 0 saturated heterocycles. The van der Waals surface area contributed by atoms with Crippen LogP contribution in [0.3, 0.4) is 0 Å². The minimum atomic E-state index is -0.0328. The maximum absolute atomic E-state index is 5.54. The maximum atomic E-state index is 5.54. The van der Waals surface area contributed by atoms with Gasteiger partial charge in [0.1, 0.15) is 0 Å². The van der Waals surface area contributed by atoms with Crippen LogP contribution in [-0.4, -0.2) is 25.6 Å². The van der Waals surface area contributed by atoms with Gasteiger partial charge in [0, 0.05) is 35.9 Å². The van der Waals surface area contributed by atoms with E-state index in [1.54, 1.807) is 0 Å². The van der Waals surface area contributed by atoms with Crippen molar-refractivity contribution in [2.75, 3.05) is 0 Å². The minimum Gasteiger partial charge on any atom is -0.350 e. The van der Waals surface area contributed by atoms with Gasteiger partial charge in [-0.2, -0.15) is 0 Å². The highest BCUT2D eigenvalue weighted by atomic mass is 32.1. The van der Waals surface area contributed by atoms with Crippen LogP contribution in [0, 0.1) is 9.54 Å². The molecule has 113 valence electrons. The van der Waals surface area contributed by atoms with E-state index < -0.39 is 0 Å². The van der Waals surface area contributed by atoms with E-state index in [0.29, 0.717) is 0 Å². The first kappa shape index (κ1) is 16.3. The Morgan fingerprint density at radius 3 is 1.29 bits per heavy atom. The van der Waals surface area contributed by atoms with Crippen molar-refractivity contribution in [1.82, 2.24) is 18.1 Å². The van der Waals surface area contributed by atoms with Gasteiger partial charge in [-0.15, -0.1) is 0 Å². The third-order valence-electron chi connectivity index (χ3n) is 3.30. The van der Waals surface area contributed by atoms with Gasteiger partial charge in [-0.1, -0.05) is 0 Å². The van der Waals surface area contributed by atoms with Gasteiger partial charge in [-0.25, -0.2) is 0 Å². The molecule has 0 fully saturated rings. The molecule has 7 heteroatoms. The van der Waals surface area contributed by atoms with Gasteiger partial charge in [-0.3, -0.25) is 0 Å². The largest absolute Gasteiger partial charge is 0.404 e. The summed E-state index contributed by atoms with van der Waals surface area (Å²) in [5.74, 6) is 0. The lowest BCUT2D eigenvalue weighted by atomic mass is 10.1. The number of rotatable bonds is 2. The van der Waals surface area contributed by atoms with Crippen LogP contribution in [0.5, 0.6) is 0 Å². The molecule has 0 spiro atoms. The molecule has 0 bridgehead atoms.